The van der Waals surface area contributed by atoms with Crippen molar-refractivity contribution in [2.24, 2.45) is 5.16 Å². The Balaban J connectivity index is 2.09. The van der Waals surface area contributed by atoms with E-state index in [0.717, 1.165) is 29.1 Å². The van der Waals surface area contributed by atoms with Gasteiger partial charge in [-0.2, -0.15) is 0 Å². The highest BCUT2D eigenvalue weighted by Gasteiger charge is 2.15. The third-order valence-corrected chi connectivity index (χ3v) is 4.67. The van der Waals surface area contributed by atoms with E-state index in [0.29, 0.717) is 12.0 Å². The van der Waals surface area contributed by atoms with Crippen molar-refractivity contribution in [3.05, 3.63) is 60.2 Å². The molecule has 4 nitrogen and oxygen atoms in total. The first-order valence-corrected chi connectivity index (χ1v) is 9.54. The van der Waals surface area contributed by atoms with Crippen LogP contribution in [0.3, 0.4) is 0 Å². The Bertz CT molecular complexity index is 755. The van der Waals surface area contributed by atoms with Gasteiger partial charge in [0.05, 0.1) is 0 Å². The number of unbranched alkanes of at least 4 members (excludes halogenated alkanes) is 2. The Morgan fingerprint density at radius 3 is 2.23 bits per heavy atom. The third kappa shape index (κ3) is 6.48. The van der Waals surface area contributed by atoms with E-state index in [1.54, 1.807) is 23.9 Å². The van der Waals surface area contributed by atoms with Gasteiger partial charge in [-0.15, -0.1) is 0 Å². The van der Waals surface area contributed by atoms with Crippen molar-refractivity contribution in [3.63, 3.8) is 0 Å². The first kappa shape index (κ1) is 19.9. The molecule has 0 unspecified atom stereocenters. The molecule has 0 aliphatic carbocycles. The van der Waals surface area contributed by atoms with Gasteiger partial charge in [0, 0.05) is 22.3 Å². The van der Waals surface area contributed by atoms with Crippen LogP contribution in [0.4, 0.5) is 0 Å². The molecular formula is C21H23NO3S. The van der Waals surface area contributed by atoms with Crippen molar-refractivity contribution < 1.29 is 14.4 Å². The second kappa shape index (κ2) is 10.6. The zero-order chi connectivity index (χ0) is 18.8. The third-order valence-electron chi connectivity index (χ3n) is 3.66. The number of hydrogen-bond acceptors (Lipinski definition) is 5. The SMILES string of the molecule is CCCCC/C(=N\OC(C)=O)C(=O)c1ccc(Sc2ccccc2)cc1. The van der Waals surface area contributed by atoms with Gasteiger partial charge in [0.25, 0.3) is 0 Å². The van der Waals surface area contributed by atoms with Gasteiger partial charge >= 0.3 is 5.97 Å². The maximum Gasteiger partial charge on any atom is 0.331 e. The summed E-state index contributed by atoms with van der Waals surface area (Å²) < 4.78 is 0. The zero-order valence-electron chi connectivity index (χ0n) is 15.1. The minimum atomic E-state index is -0.527. The quantitative estimate of drug-likeness (QED) is 0.192. The van der Waals surface area contributed by atoms with E-state index in [4.69, 9.17) is 4.84 Å². The first-order valence-electron chi connectivity index (χ1n) is 8.72. The molecule has 2 aromatic carbocycles. The second-order valence-corrected chi connectivity index (χ2v) is 6.99. The van der Waals surface area contributed by atoms with Gasteiger partial charge in [0.1, 0.15) is 5.71 Å². The predicted octanol–water partition coefficient (Wildman–Crippen LogP) is 5.52. The highest BCUT2D eigenvalue weighted by Crippen LogP contribution is 2.27. The lowest BCUT2D eigenvalue weighted by atomic mass is 10.0. The highest BCUT2D eigenvalue weighted by molar-refractivity contribution is 7.99. The van der Waals surface area contributed by atoms with Crippen LogP contribution in [0, 0.1) is 0 Å². The van der Waals surface area contributed by atoms with Crippen molar-refractivity contribution in [2.75, 3.05) is 0 Å². The van der Waals surface area contributed by atoms with Gasteiger partial charge < -0.3 is 4.84 Å². The van der Waals surface area contributed by atoms with Crippen LogP contribution in [0.1, 0.15) is 49.9 Å². The van der Waals surface area contributed by atoms with Crippen molar-refractivity contribution in [2.45, 2.75) is 49.3 Å². The molecule has 0 aliphatic heterocycles. The van der Waals surface area contributed by atoms with E-state index in [1.165, 1.54) is 6.92 Å². The molecule has 0 saturated heterocycles. The summed E-state index contributed by atoms with van der Waals surface area (Å²) >= 11 is 1.64. The van der Waals surface area contributed by atoms with Gasteiger partial charge in [-0.05, 0) is 49.2 Å². The van der Waals surface area contributed by atoms with Gasteiger partial charge in [0.2, 0.25) is 5.78 Å². The average Bonchev–Trinajstić information content (AvgIpc) is 2.65. The fraction of sp³-hybridized carbons (Fsp3) is 0.286. The molecule has 0 fully saturated rings. The minimum absolute atomic E-state index is 0.196. The molecule has 0 heterocycles. The van der Waals surface area contributed by atoms with E-state index in [2.05, 4.69) is 12.1 Å². The number of carbonyl (C=O) groups is 2. The van der Waals surface area contributed by atoms with Crippen molar-refractivity contribution in [1.82, 2.24) is 0 Å². The van der Waals surface area contributed by atoms with Gasteiger partial charge in [-0.3, -0.25) is 4.79 Å². The Morgan fingerprint density at radius 2 is 1.62 bits per heavy atom. The molecule has 0 amide bonds. The summed E-state index contributed by atoms with van der Waals surface area (Å²) in [5, 5.41) is 3.77. The van der Waals surface area contributed by atoms with Gasteiger partial charge in [-0.25, -0.2) is 4.79 Å². The fourth-order valence-corrected chi connectivity index (χ4v) is 3.17. The topological polar surface area (TPSA) is 55.7 Å². The summed E-state index contributed by atoms with van der Waals surface area (Å²) in [6.45, 7) is 3.36. The molecule has 2 aromatic rings. The van der Waals surface area contributed by atoms with Crippen LogP contribution in [0.15, 0.2) is 69.5 Å². The number of carbonyl (C=O) groups excluding carboxylic acids is 2. The van der Waals surface area contributed by atoms with E-state index in [9.17, 15) is 9.59 Å². The molecule has 0 saturated carbocycles. The van der Waals surface area contributed by atoms with Crippen LogP contribution in [0.5, 0.6) is 0 Å². The molecule has 2 rings (SSSR count). The van der Waals surface area contributed by atoms with Crippen molar-refractivity contribution in [3.8, 4) is 0 Å². The molecular weight excluding hydrogens is 346 g/mol. The number of oxime groups is 1. The minimum Gasteiger partial charge on any atom is -0.318 e. The Morgan fingerprint density at radius 1 is 0.962 bits per heavy atom. The molecule has 0 aliphatic rings. The standard InChI is InChI=1S/C21H23NO3S/c1-3-4-6-11-20(22-25-16(2)23)21(24)17-12-14-19(15-13-17)26-18-9-7-5-8-10-18/h5,7-10,12-15H,3-4,6,11H2,1-2H3/b22-20+. The molecule has 0 spiro atoms. The van der Waals surface area contributed by atoms with Gasteiger partial charge in [0.15, 0.2) is 0 Å². The molecule has 26 heavy (non-hydrogen) atoms. The Kier molecular flexibility index (Phi) is 8.09. The summed E-state index contributed by atoms with van der Waals surface area (Å²) in [5.74, 6) is -0.723. The molecule has 136 valence electrons. The lowest BCUT2D eigenvalue weighted by molar-refractivity contribution is -0.140. The molecule has 0 bridgehead atoms. The largest absolute Gasteiger partial charge is 0.331 e. The first-order chi connectivity index (χ1) is 12.6. The molecule has 0 atom stereocenters. The second-order valence-electron chi connectivity index (χ2n) is 5.85. The summed E-state index contributed by atoms with van der Waals surface area (Å²) in [7, 11) is 0. The van der Waals surface area contributed by atoms with Crippen LogP contribution < -0.4 is 0 Å². The maximum atomic E-state index is 12.7. The van der Waals surface area contributed by atoms with E-state index < -0.39 is 5.97 Å². The van der Waals surface area contributed by atoms with Gasteiger partial charge in [-0.1, -0.05) is 54.9 Å². The predicted molar refractivity (Wildman–Crippen MR) is 105 cm³/mol. The summed E-state index contributed by atoms with van der Waals surface area (Å²) in [6.07, 6.45) is 3.38. The number of hydrogen-bond donors (Lipinski definition) is 0. The van der Waals surface area contributed by atoms with Crippen LogP contribution in [-0.4, -0.2) is 17.5 Å². The summed E-state index contributed by atoms with van der Waals surface area (Å²) in [5.41, 5.74) is 0.835. The number of rotatable bonds is 9. The van der Waals surface area contributed by atoms with Crippen LogP contribution >= 0.6 is 11.8 Å². The van der Waals surface area contributed by atoms with Crippen molar-refractivity contribution >= 4 is 29.2 Å². The average molecular weight is 369 g/mol. The summed E-state index contributed by atoms with van der Waals surface area (Å²) in [6, 6.07) is 17.5. The Labute approximate surface area is 158 Å². The van der Waals surface area contributed by atoms with E-state index in [-0.39, 0.29) is 11.5 Å². The van der Waals surface area contributed by atoms with Crippen LogP contribution in [0.25, 0.3) is 0 Å². The number of nitrogens with zero attached hydrogens (tertiary/aromatic N) is 1. The number of ketones is 1. The monoisotopic (exact) mass is 369 g/mol. The molecule has 0 aromatic heterocycles. The normalized spacial score (nSPS) is 11.2. The smallest absolute Gasteiger partial charge is 0.318 e. The zero-order valence-corrected chi connectivity index (χ0v) is 15.9. The lowest BCUT2D eigenvalue weighted by Gasteiger charge is -2.06. The molecule has 0 N–H and O–H groups in total. The molecule has 0 radical (unpaired) electrons. The molecule has 5 heteroatoms. The van der Waals surface area contributed by atoms with E-state index >= 15 is 0 Å². The number of Topliss-reactive ketones (excluding diaryl/α,β-unsaturated/α-hetero) is 1. The fourth-order valence-electron chi connectivity index (χ4n) is 2.33. The summed E-state index contributed by atoms with van der Waals surface area (Å²) in [4.78, 5) is 30.6. The maximum absolute atomic E-state index is 12.7. The lowest BCUT2D eigenvalue weighted by Crippen LogP contribution is -2.15. The van der Waals surface area contributed by atoms with Crippen LogP contribution in [-0.2, 0) is 9.63 Å². The van der Waals surface area contributed by atoms with Crippen molar-refractivity contribution in [1.29, 1.82) is 0 Å². The highest BCUT2D eigenvalue weighted by atomic mass is 32.2. The number of benzene rings is 2. The van der Waals surface area contributed by atoms with Crippen LogP contribution in [0.2, 0.25) is 0 Å². The van der Waals surface area contributed by atoms with E-state index in [1.807, 2.05) is 42.5 Å². The Hall–Kier alpha value is -2.40.